The van der Waals surface area contributed by atoms with Crippen LogP contribution < -0.4 is 5.73 Å². The van der Waals surface area contributed by atoms with E-state index in [0.717, 1.165) is 7.11 Å². The van der Waals surface area contributed by atoms with Crippen molar-refractivity contribution in [3.8, 4) is 0 Å². The van der Waals surface area contributed by atoms with Gasteiger partial charge in [0.05, 0.1) is 13.2 Å². The molecular weight excluding hydrogens is 356 g/mol. The average molecular weight is 376 g/mol. The molecule has 0 heterocycles. The van der Waals surface area contributed by atoms with E-state index in [4.69, 9.17) is 16.0 Å². The van der Waals surface area contributed by atoms with Gasteiger partial charge in [-0.05, 0) is 12.0 Å². The Kier molecular flexibility index (Phi) is 9.07. The summed E-state index contributed by atoms with van der Waals surface area (Å²) in [6.07, 6.45) is -0.680. The molecule has 0 spiro atoms. The number of esters is 1. The Morgan fingerprint density at radius 2 is 1.93 bits per heavy atom. The highest BCUT2D eigenvalue weighted by molar-refractivity contribution is 6.25. The number of hydrogen-bond donors (Lipinski definition) is 1. The van der Waals surface area contributed by atoms with E-state index in [1.54, 1.807) is 30.3 Å². The standard InChI is InChI=1S/C17H20N4O6/c1-26-15(23)10-21(16(24)14(18)8-7-13(22)9-20-19)17(25)27-11-12-5-3-2-4-6-12/h2-6,9,14H,7-8,10-11,18H2,1H3/t14-/m0/s1. The van der Waals surface area contributed by atoms with Gasteiger partial charge in [0.25, 0.3) is 0 Å². The first kappa shape index (κ1) is 21.7. The number of carbonyl (C=O) groups excluding carboxylic acids is 4. The molecule has 10 heteroatoms. The Morgan fingerprint density at radius 3 is 2.52 bits per heavy atom. The summed E-state index contributed by atoms with van der Waals surface area (Å²) in [4.78, 5) is 50.6. The Labute approximate surface area is 155 Å². The molecule has 1 aromatic rings. The number of rotatable bonds is 9. The van der Waals surface area contributed by atoms with Crippen molar-refractivity contribution in [2.75, 3.05) is 13.7 Å². The second-order valence-electron chi connectivity index (χ2n) is 5.40. The molecule has 0 aromatic heterocycles. The minimum Gasteiger partial charge on any atom is -0.468 e. The smallest absolute Gasteiger partial charge is 0.417 e. The quantitative estimate of drug-likeness (QED) is 0.281. The highest BCUT2D eigenvalue weighted by Crippen LogP contribution is 2.07. The first-order valence-electron chi connectivity index (χ1n) is 7.93. The maximum Gasteiger partial charge on any atom is 0.417 e. The van der Waals surface area contributed by atoms with Crippen LogP contribution in [-0.2, 0) is 30.5 Å². The van der Waals surface area contributed by atoms with E-state index in [1.165, 1.54) is 0 Å². The molecule has 2 amide bonds. The lowest BCUT2D eigenvalue weighted by molar-refractivity contribution is -0.146. The normalized spacial score (nSPS) is 10.9. The van der Waals surface area contributed by atoms with E-state index in [2.05, 4.69) is 9.53 Å². The lowest BCUT2D eigenvalue weighted by Gasteiger charge is -2.22. The van der Waals surface area contributed by atoms with E-state index < -0.39 is 36.3 Å². The van der Waals surface area contributed by atoms with Crippen molar-refractivity contribution in [3.63, 3.8) is 0 Å². The van der Waals surface area contributed by atoms with E-state index in [9.17, 15) is 19.2 Å². The van der Waals surface area contributed by atoms with E-state index in [-0.39, 0.29) is 19.4 Å². The molecule has 0 saturated heterocycles. The molecule has 1 atom stereocenters. The highest BCUT2D eigenvalue weighted by atomic mass is 16.6. The van der Waals surface area contributed by atoms with Crippen LogP contribution in [0, 0.1) is 0 Å². The van der Waals surface area contributed by atoms with Crippen molar-refractivity contribution in [1.29, 1.82) is 0 Å². The molecule has 0 aliphatic carbocycles. The van der Waals surface area contributed by atoms with Gasteiger partial charge in [-0.1, -0.05) is 30.3 Å². The molecule has 0 aliphatic rings. The van der Waals surface area contributed by atoms with E-state index in [1.807, 2.05) is 0 Å². The number of carbonyl (C=O) groups is 4. The maximum absolute atomic E-state index is 12.4. The van der Waals surface area contributed by atoms with Crippen molar-refractivity contribution in [2.24, 2.45) is 5.73 Å². The molecule has 0 aliphatic heterocycles. The van der Waals surface area contributed by atoms with Crippen LogP contribution >= 0.6 is 0 Å². The van der Waals surface area contributed by atoms with Gasteiger partial charge in [-0.25, -0.2) is 9.69 Å². The minimum atomic E-state index is -1.24. The molecular formula is C17H20N4O6. The second-order valence-corrected chi connectivity index (χ2v) is 5.40. The molecule has 0 radical (unpaired) electrons. The summed E-state index contributed by atoms with van der Waals surface area (Å²) in [6, 6.07) is 7.50. The zero-order valence-electron chi connectivity index (χ0n) is 14.7. The molecule has 10 nitrogen and oxygen atoms in total. The van der Waals surface area contributed by atoms with Crippen molar-refractivity contribution >= 4 is 30.0 Å². The summed E-state index contributed by atoms with van der Waals surface area (Å²) in [7, 11) is 1.10. The molecule has 0 fully saturated rings. The van der Waals surface area contributed by atoms with Gasteiger partial charge in [0, 0.05) is 6.42 Å². The minimum absolute atomic E-state index is 0.106. The summed E-state index contributed by atoms with van der Waals surface area (Å²) in [5.41, 5.74) is 14.7. The fourth-order valence-electron chi connectivity index (χ4n) is 1.97. The van der Waals surface area contributed by atoms with Gasteiger partial charge in [0.1, 0.15) is 13.2 Å². The predicted octanol–water partition coefficient (Wildman–Crippen LogP) is 0.302. The number of ketones is 1. The number of amides is 2. The Balaban J connectivity index is 2.77. The van der Waals surface area contributed by atoms with Gasteiger partial charge >= 0.3 is 18.3 Å². The van der Waals surface area contributed by atoms with Crippen molar-refractivity contribution in [2.45, 2.75) is 25.5 Å². The number of imide groups is 1. The van der Waals surface area contributed by atoms with Crippen molar-refractivity contribution in [3.05, 3.63) is 41.4 Å². The van der Waals surface area contributed by atoms with Crippen LogP contribution in [0.25, 0.3) is 5.53 Å². The number of methoxy groups -OCH3 is 1. The molecule has 1 rings (SSSR count). The lowest BCUT2D eigenvalue weighted by Crippen LogP contribution is -2.49. The second kappa shape index (κ2) is 11.3. The summed E-state index contributed by atoms with van der Waals surface area (Å²) in [5.74, 6) is -2.28. The largest absolute Gasteiger partial charge is 0.468 e. The third kappa shape index (κ3) is 7.59. The number of benzene rings is 1. The Morgan fingerprint density at radius 1 is 1.26 bits per heavy atom. The molecule has 0 saturated carbocycles. The first-order chi connectivity index (χ1) is 12.9. The average Bonchev–Trinajstić information content (AvgIpc) is 2.68. The fraction of sp³-hybridized carbons (Fsp3) is 0.353. The van der Waals surface area contributed by atoms with Gasteiger partial charge < -0.3 is 20.7 Å². The molecule has 0 unspecified atom stereocenters. The summed E-state index contributed by atoms with van der Waals surface area (Å²) < 4.78 is 9.53. The van der Waals surface area contributed by atoms with Gasteiger partial charge in [0.15, 0.2) is 0 Å². The van der Waals surface area contributed by atoms with E-state index in [0.29, 0.717) is 16.7 Å². The number of Topliss-reactive ketones (excluding diaryl/α,β-unsaturated/α-hetero) is 1. The van der Waals surface area contributed by atoms with E-state index >= 15 is 0 Å². The number of hydrogen-bond acceptors (Lipinski definition) is 7. The topological polar surface area (TPSA) is 152 Å². The van der Waals surface area contributed by atoms with Gasteiger partial charge in [0.2, 0.25) is 11.7 Å². The molecule has 2 N–H and O–H groups in total. The van der Waals surface area contributed by atoms with Crippen molar-refractivity contribution in [1.82, 2.24) is 4.90 Å². The van der Waals surface area contributed by atoms with Crippen LogP contribution in [-0.4, -0.2) is 59.4 Å². The number of nitrogens with two attached hydrogens (primary N) is 1. The molecule has 27 heavy (non-hydrogen) atoms. The predicted molar refractivity (Wildman–Crippen MR) is 92.3 cm³/mol. The van der Waals surface area contributed by atoms with Gasteiger partial charge in [-0.2, -0.15) is 4.79 Å². The zero-order valence-corrected chi connectivity index (χ0v) is 14.7. The fourth-order valence-corrected chi connectivity index (χ4v) is 1.97. The Bertz CT molecular complexity index is 730. The summed E-state index contributed by atoms with van der Waals surface area (Å²) in [6.45, 7) is -0.784. The molecule has 1 aromatic carbocycles. The van der Waals surface area contributed by atoms with Crippen LogP contribution in [0.1, 0.15) is 18.4 Å². The van der Waals surface area contributed by atoms with Crippen LogP contribution in [0.3, 0.4) is 0 Å². The SMILES string of the molecule is COC(=O)CN(C(=O)OCc1ccccc1)C(=O)[C@@H](N)CCC(=O)C=[N+]=[N-]. The zero-order chi connectivity index (χ0) is 20.2. The van der Waals surface area contributed by atoms with Gasteiger partial charge in [-0.3, -0.25) is 14.4 Å². The Hall–Kier alpha value is -3.36. The van der Waals surface area contributed by atoms with Crippen LogP contribution in [0.2, 0.25) is 0 Å². The molecule has 144 valence electrons. The van der Waals surface area contributed by atoms with Crippen LogP contribution in [0.4, 0.5) is 4.79 Å². The third-order valence-electron chi connectivity index (χ3n) is 3.43. The van der Waals surface area contributed by atoms with Crippen LogP contribution in [0.5, 0.6) is 0 Å². The van der Waals surface area contributed by atoms with Gasteiger partial charge in [-0.15, -0.1) is 0 Å². The van der Waals surface area contributed by atoms with Crippen LogP contribution in [0.15, 0.2) is 30.3 Å². The lowest BCUT2D eigenvalue weighted by atomic mass is 10.1. The molecule has 0 bridgehead atoms. The number of nitrogens with zero attached hydrogens (tertiary/aromatic N) is 3. The first-order valence-corrected chi connectivity index (χ1v) is 7.93. The summed E-state index contributed by atoms with van der Waals surface area (Å²) in [5, 5.41) is 0. The highest BCUT2D eigenvalue weighted by Gasteiger charge is 2.30. The van der Waals surface area contributed by atoms with Crippen molar-refractivity contribution < 1.29 is 33.4 Å². The maximum atomic E-state index is 12.4. The number of ether oxygens (including phenoxy) is 2. The third-order valence-corrected chi connectivity index (χ3v) is 3.43. The monoisotopic (exact) mass is 376 g/mol. The summed E-state index contributed by atoms with van der Waals surface area (Å²) >= 11 is 0.